The molecule has 1 heterocycles. The molecule has 6 nitrogen and oxygen atoms in total. The number of hydrogen-bond donors (Lipinski definition) is 1. The molecule has 0 saturated carbocycles. The summed E-state index contributed by atoms with van der Waals surface area (Å²) in [6.07, 6.45) is 0. The Labute approximate surface area is 163 Å². The van der Waals surface area contributed by atoms with Crippen molar-refractivity contribution >= 4 is 23.3 Å². The Morgan fingerprint density at radius 2 is 1.71 bits per heavy atom. The van der Waals surface area contributed by atoms with Crippen LogP contribution < -0.4 is 10.2 Å². The average Bonchev–Trinajstić information content (AvgIpc) is 2.70. The van der Waals surface area contributed by atoms with Crippen LogP contribution in [0.1, 0.15) is 17.3 Å². The largest absolute Gasteiger partial charge is 0.462 e. The number of esters is 1. The Hall–Kier alpha value is -2.93. The van der Waals surface area contributed by atoms with Gasteiger partial charge < -0.3 is 15.0 Å². The number of nitrogens with zero attached hydrogens (tertiary/aromatic N) is 2. The minimum Gasteiger partial charge on any atom is -0.462 e. The van der Waals surface area contributed by atoms with Crippen LogP contribution in [0.25, 0.3) is 0 Å². The van der Waals surface area contributed by atoms with Gasteiger partial charge in [0, 0.05) is 31.9 Å². The van der Waals surface area contributed by atoms with Crippen molar-refractivity contribution < 1.29 is 18.7 Å². The lowest BCUT2D eigenvalue weighted by molar-refractivity contribution is -0.117. The van der Waals surface area contributed by atoms with Crippen LogP contribution in [0.3, 0.4) is 0 Å². The fourth-order valence-corrected chi connectivity index (χ4v) is 3.16. The van der Waals surface area contributed by atoms with Gasteiger partial charge in [0.25, 0.3) is 0 Å². The number of anilines is 2. The van der Waals surface area contributed by atoms with Crippen LogP contribution in [-0.2, 0) is 9.53 Å². The summed E-state index contributed by atoms with van der Waals surface area (Å²) in [5.74, 6) is -0.726. The van der Waals surface area contributed by atoms with Gasteiger partial charge in [0.15, 0.2) is 0 Å². The molecule has 2 aromatic rings. The SMILES string of the molecule is CCOC(=O)c1ccc(NC(=O)CN2CCN(c3ccccc3F)CC2)cc1. The number of carbonyl (C=O) groups is 2. The number of nitrogens with one attached hydrogen (secondary N) is 1. The van der Waals surface area contributed by atoms with Crippen molar-refractivity contribution in [3.8, 4) is 0 Å². The van der Waals surface area contributed by atoms with E-state index in [-0.39, 0.29) is 24.2 Å². The van der Waals surface area contributed by atoms with Crippen molar-refractivity contribution in [3.05, 3.63) is 59.9 Å². The van der Waals surface area contributed by atoms with Gasteiger partial charge in [0.05, 0.1) is 24.4 Å². The van der Waals surface area contributed by atoms with E-state index in [1.165, 1.54) is 6.07 Å². The van der Waals surface area contributed by atoms with E-state index in [0.717, 1.165) is 0 Å². The molecule has 0 aliphatic carbocycles. The highest BCUT2D eigenvalue weighted by Crippen LogP contribution is 2.20. The predicted molar refractivity (Wildman–Crippen MR) is 106 cm³/mol. The molecule has 0 radical (unpaired) electrons. The zero-order valence-electron chi connectivity index (χ0n) is 15.9. The molecule has 1 N–H and O–H groups in total. The van der Waals surface area contributed by atoms with Gasteiger partial charge in [-0.25, -0.2) is 9.18 Å². The van der Waals surface area contributed by atoms with E-state index >= 15 is 0 Å². The maximum Gasteiger partial charge on any atom is 0.338 e. The van der Waals surface area contributed by atoms with Gasteiger partial charge in [-0.2, -0.15) is 0 Å². The van der Waals surface area contributed by atoms with E-state index in [4.69, 9.17) is 4.74 Å². The molecule has 0 unspecified atom stereocenters. The second kappa shape index (κ2) is 9.32. The molecule has 1 aliphatic heterocycles. The van der Waals surface area contributed by atoms with E-state index in [2.05, 4.69) is 5.32 Å². The molecular weight excluding hydrogens is 361 g/mol. The number of halogens is 1. The first kappa shape index (κ1) is 19.8. The summed E-state index contributed by atoms with van der Waals surface area (Å²) in [5, 5.41) is 2.83. The normalized spacial score (nSPS) is 14.6. The third-order valence-corrected chi connectivity index (χ3v) is 4.61. The third kappa shape index (κ3) is 5.07. The molecule has 1 amide bonds. The summed E-state index contributed by atoms with van der Waals surface area (Å²) in [4.78, 5) is 28.0. The molecule has 28 heavy (non-hydrogen) atoms. The van der Waals surface area contributed by atoms with E-state index in [1.807, 2.05) is 15.9 Å². The number of ether oxygens (including phenoxy) is 1. The van der Waals surface area contributed by atoms with Crippen molar-refractivity contribution in [3.63, 3.8) is 0 Å². The lowest BCUT2D eigenvalue weighted by atomic mass is 10.2. The Morgan fingerprint density at radius 3 is 2.36 bits per heavy atom. The van der Waals surface area contributed by atoms with E-state index in [9.17, 15) is 14.0 Å². The number of amides is 1. The van der Waals surface area contributed by atoms with Crippen molar-refractivity contribution in [2.24, 2.45) is 0 Å². The summed E-state index contributed by atoms with van der Waals surface area (Å²) < 4.78 is 18.8. The van der Waals surface area contributed by atoms with Crippen LogP contribution in [0.2, 0.25) is 0 Å². The molecule has 148 valence electrons. The summed E-state index contributed by atoms with van der Waals surface area (Å²) in [7, 11) is 0. The minimum atomic E-state index is -0.381. The first-order valence-corrected chi connectivity index (χ1v) is 9.35. The first-order valence-electron chi connectivity index (χ1n) is 9.35. The van der Waals surface area contributed by atoms with Crippen molar-refractivity contribution in [2.45, 2.75) is 6.92 Å². The lowest BCUT2D eigenvalue weighted by Crippen LogP contribution is -2.48. The quantitative estimate of drug-likeness (QED) is 0.775. The average molecular weight is 385 g/mol. The Balaban J connectivity index is 1.47. The second-order valence-corrected chi connectivity index (χ2v) is 6.56. The maximum absolute atomic E-state index is 13.9. The lowest BCUT2D eigenvalue weighted by Gasteiger charge is -2.35. The highest BCUT2D eigenvalue weighted by molar-refractivity contribution is 5.94. The summed E-state index contributed by atoms with van der Waals surface area (Å²) in [6.45, 7) is 5.05. The van der Waals surface area contributed by atoms with Gasteiger partial charge in [-0.3, -0.25) is 9.69 Å². The molecule has 2 aromatic carbocycles. The van der Waals surface area contributed by atoms with Gasteiger partial charge in [-0.15, -0.1) is 0 Å². The van der Waals surface area contributed by atoms with Crippen LogP contribution in [-0.4, -0.2) is 56.1 Å². The van der Waals surface area contributed by atoms with Crippen molar-refractivity contribution in [1.82, 2.24) is 4.90 Å². The Kier molecular flexibility index (Phi) is 6.60. The topological polar surface area (TPSA) is 61.9 Å². The Bertz CT molecular complexity index is 818. The number of benzene rings is 2. The smallest absolute Gasteiger partial charge is 0.338 e. The summed E-state index contributed by atoms with van der Waals surface area (Å²) >= 11 is 0. The number of piperazine rings is 1. The first-order chi connectivity index (χ1) is 13.6. The van der Waals surface area contributed by atoms with Crippen LogP contribution >= 0.6 is 0 Å². The molecule has 1 aliphatic rings. The number of hydrogen-bond acceptors (Lipinski definition) is 5. The molecule has 7 heteroatoms. The summed E-state index contributed by atoms with van der Waals surface area (Å²) in [6, 6.07) is 13.4. The van der Waals surface area contributed by atoms with Gasteiger partial charge in [-0.1, -0.05) is 12.1 Å². The Morgan fingerprint density at radius 1 is 1.04 bits per heavy atom. The van der Waals surface area contributed by atoms with Crippen LogP contribution in [0.4, 0.5) is 15.8 Å². The highest BCUT2D eigenvalue weighted by Gasteiger charge is 2.20. The molecule has 0 atom stereocenters. The zero-order valence-corrected chi connectivity index (χ0v) is 15.9. The molecule has 1 saturated heterocycles. The monoisotopic (exact) mass is 385 g/mol. The molecule has 0 aromatic heterocycles. The fraction of sp³-hybridized carbons (Fsp3) is 0.333. The second-order valence-electron chi connectivity index (χ2n) is 6.56. The van der Waals surface area contributed by atoms with E-state index in [1.54, 1.807) is 43.3 Å². The summed E-state index contributed by atoms with van der Waals surface area (Å²) in [5.41, 5.74) is 1.68. The van der Waals surface area contributed by atoms with Crippen LogP contribution in [0, 0.1) is 5.82 Å². The predicted octanol–water partition coefficient (Wildman–Crippen LogP) is 2.76. The van der Waals surface area contributed by atoms with Crippen LogP contribution in [0.5, 0.6) is 0 Å². The number of carbonyl (C=O) groups excluding carboxylic acids is 2. The number of para-hydroxylation sites is 1. The standard InChI is InChI=1S/C21H24FN3O3/c1-2-28-21(27)16-7-9-17(10-8-16)23-20(26)15-24-11-13-25(14-12-24)19-6-4-3-5-18(19)22/h3-10H,2,11-15H2,1H3,(H,23,26). The molecule has 3 rings (SSSR count). The van der Waals surface area contributed by atoms with Crippen molar-refractivity contribution in [1.29, 1.82) is 0 Å². The van der Waals surface area contributed by atoms with Gasteiger partial charge in [0.2, 0.25) is 5.91 Å². The minimum absolute atomic E-state index is 0.122. The molecule has 0 bridgehead atoms. The fourth-order valence-electron chi connectivity index (χ4n) is 3.16. The van der Waals surface area contributed by atoms with E-state index in [0.29, 0.717) is 49.7 Å². The molecule has 0 spiro atoms. The molecular formula is C21H24FN3O3. The zero-order chi connectivity index (χ0) is 19.9. The maximum atomic E-state index is 13.9. The van der Waals surface area contributed by atoms with Gasteiger partial charge in [-0.05, 0) is 43.3 Å². The number of rotatable bonds is 6. The molecule has 1 fully saturated rings. The van der Waals surface area contributed by atoms with Gasteiger partial charge >= 0.3 is 5.97 Å². The van der Waals surface area contributed by atoms with Crippen molar-refractivity contribution in [2.75, 3.05) is 49.5 Å². The van der Waals surface area contributed by atoms with Crippen LogP contribution in [0.15, 0.2) is 48.5 Å². The van der Waals surface area contributed by atoms with E-state index < -0.39 is 0 Å². The van der Waals surface area contributed by atoms with Gasteiger partial charge in [0.1, 0.15) is 5.82 Å². The highest BCUT2D eigenvalue weighted by atomic mass is 19.1. The third-order valence-electron chi connectivity index (χ3n) is 4.61.